The molecule has 2 aromatic carbocycles. The Kier molecular flexibility index (Phi) is 5.44. The number of carbonyl (C=O) groups is 2. The van der Waals surface area contributed by atoms with Crippen LogP contribution in [-0.4, -0.2) is 23.8 Å². The highest BCUT2D eigenvalue weighted by atomic mass is 79.9. The Bertz CT molecular complexity index is 911. The number of nitrogens with one attached hydrogen (secondary N) is 1. The number of carbonyl (C=O) groups excluding carboxylic acids is 2. The Morgan fingerprint density at radius 3 is 2.65 bits per heavy atom. The molecule has 1 aliphatic heterocycles. The minimum absolute atomic E-state index is 0.374. The number of benzene rings is 2. The third-order valence-electron chi connectivity index (χ3n) is 3.79. The summed E-state index contributed by atoms with van der Waals surface area (Å²) in [4.78, 5) is 29.0. The van der Waals surface area contributed by atoms with E-state index in [9.17, 15) is 9.59 Å². The second kappa shape index (κ2) is 7.60. The maximum atomic E-state index is 12.5. The van der Waals surface area contributed by atoms with Crippen molar-refractivity contribution in [3.63, 3.8) is 0 Å². The van der Waals surface area contributed by atoms with Gasteiger partial charge in [0.25, 0.3) is 12.1 Å². The van der Waals surface area contributed by atoms with Crippen LogP contribution < -0.4 is 5.32 Å². The van der Waals surface area contributed by atoms with E-state index in [1.54, 1.807) is 26.0 Å². The van der Waals surface area contributed by atoms with Crippen LogP contribution >= 0.6 is 27.5 Å². The second-order valence-electron chi connectivity index (χ2n) is 6.08. The van der Waals surface area contributed by atoms with Crippen molar-refractivity contribution < 1.29 is 14.3 Å². The highest BCUT2D eigenvalue weighted by Gasteiger charge is 2.30. The Morgan fingerprint density at radius 2 is 1.96 bits per heavy atom. The zero-order valence-corrected chi connectivity index (χ0v) is 16.5. The van der Waals surface area contributed by atoms with Gasteiger partial charge in [0.05, 0.1) is 17.3 Å². The predicted octanol–water partition coefficient (Wildman–Crippen LogP) is 4.42. The minimum Gasteiger partial charge on any atom is -0.430 e. The quantitative estimate of drug-likeness (QED) is 0.726. The Hall–Kier alpha value is -2.18. The average Bonchev–Trinajstić information content (AvgIpc) is 2.72. The van der Waals surface area contributed by atoms with Crippen molar-refractivity contribution in [2.24, 2.45) is 10.9 Å². The van der Waals surface area contributed by atoms with E-state index in [2.05, 4.69) is 26.2 Å². The van der Waals surface area contributed by atoms with Crippen molar-refractivity contribution in [1.82, 2.24) is 0 Å². The maximum Gasteiger partial charge on any atom is 0.310 e. The summed E-state index contributed by atoms with van der Waals surface area (Å²) in [5.41, 5.74) is 2.38. The monoisotopic (exact) mass is 434 g/mol. The number of amides is 1. The first kappa shape index (κ1) is 18.6. The van der Waals surface area contributed by atoms with E-state index in [1.165, 1.54) is 0 Å². The van der Waals surface area contributed by atoms with Crippen LogP contribution in [0.4, 0.5) is 5.69 Å². The number of anilines is 1. The van der Waals surface area contributed by atoms with Gasteiger partial charge in [0.2, 0.25) is 0 Å². The number of hydrogen-bond donors (Lipinski definition) is 1. The van der Waals surface area contributed by atoms with Gasteiger partial charge in [-0.15, -0.1) is 0 Å². The lowest BCUT2D eigenvalue weighted by atomic mass is 10.0. The molecule has 3 rings (SSSR count). The smallest absolute Gasteiger partial charge is 0.310 e. The van der Waals surface area contributed by atoms with Gasteiger partial charge in [-0.05, 0) is 24.3 Å². The largest absolute Gasteiger partial charge is 0.430 e. The third kappa shape index (κ3) is 3.81. The Balaban J connectivity index is 2.16. The molecule has 0 bridgehead atoms. The number of fused-ring (bicyclic) bond motifs is 1. The fourth-order valence-corrected chi connectivity index (χ4v) is 3.04. The molecule has 0 radical (unpaired) electrons. The topological polar surface area (TPSA) is 67.8 Å². The summed E-state index contributed by atoms with van der Waals surface area (Å²) in [6.45, 7) is 3.39. The number of hydrogen-bond acceptors (Lipinski definition) is 4. The minimum atomic E-state index is -1.29. The third-order valence-corrected chi connectivity index (χ3v) is 4.62. The summed E-state index contributed by atoms with van der Waals surface area (Å²) in [7, 11) is 0. The van der Waals surface area contributed by atoms with Gasteiger partial charge in [-0.1, -0.05) is 59.6 Å². The number of ether oxygens (including phenoxy) is 1. The normalized spacial score (nSPS) is 16.4. The molecule has 1 N–H and O–H groups in total. The van der Waals surface area contributed by atoms with Crippen molar-refractivity contribution in [3.05, 3.63) is 63.1 Å². The molecule has 0 saturated heterocycles. The molecule has 5 nitrogen and oxygen atoms in total. The highest BCUT2D eigenvalue weighted by molar-refractivity contribution is 9.10. The van der Waals surface area contributed by atoms with Crippen molar-refractivity contribution in [2.45, 2.75) is 20.1 Å². The summed E-state index contributed by atoms with van der Waals surface area (Å²) in [5.74, 6) is -1.38. The van der Waals surface area contributed by atoms with Crippen LogP contribution in [0.25, 0.3) is 0 Å². The van der Waals surface area contributed by atoms with E-state index in [-0.39, 0.29) is 5.92 Å². The number of aliphatic imine (C=N–C) groups is 1. The molecule has 0 aromatic heterocycles. The van der Waals surface area contributed by atoms with Gasteiger partial charge in [0.15, 0.2) is 0 Å². The van der Waals surface area contributed by atoms with E-state index in [0.717, 1.165) is 4.47 Å². The Morgan fingerprint density at radius 1 is 1.23 bits per heavy atom. The standard InChI is InChI=1S/C19H16BrClN2O3/c1-10(2)19(25)26-18-17(24)22-15-8-7-11(20)9-13(15)16(23-18)12-5-3-4-6-14(12)21/h3-10,18H,1-2H3,(H,22,24)/t18-/m1/s1. The molecule has 0 saturated carbocycles. The lowest BCUT2D eigenvalue weighted by Gasteiger charge is -2.14. The molecule has 1 atom stereocenters. The zero-order chi connectivity index (χ0) is 18.8. The van der Waals surface area contributed by atoms with Crippen LogP contribution in [-0.2, 0) is 14.3 Å². The number of halogens is 2. The number of rotatable bonds is 3. The van der Waals surface area contributed by atoms with Crippen molar-refractivity contribution in [1.29, 1.82) is 0 Å². The van der Waals surface area contributed by atoms with Crippen LogP contribution in [0.3, 0.4) is 0 Å². The van der Waals surface area contributed by atoms with Crippen LogP contribution in [0.15, 0.2) is 51.9 Å². The molecule has 134 valence electrons. The van der Waals surface area contributed by atoms with Gasteiger partial charge in [-0.25, -0.2) is 4.99 Å². The molecule has 1 heterocycles. The molecule has 1 amide bonds. The van der Waals surface area contributed by atoms with Gasteiger partial charge in [0, 0.05) is 20.6 Å². The fourth-order valence-electron chi connectivity index (χ4n) is 2.46. The average molecular weight is 436 g/mol. The molecule has 0 spiro atoms. The number of nitrogens with zero attached hydrogens (tertiary/aromatic N) is 1. The van der Waals surface area contributed by atoms with Gasteiger partial charge >= 0.3 is 5.97 Å². The van der Waals surface area contributed by atoms with E-state index in [4.69, 9.17) is 16.3 Å². The first-order valence-electron chi connectivity index (χ1n) is 8.01. The Labute approximate surface area is 164 Å². The van der Waals surface area contributed by atoms with E-state index >= 15 is 0 Å². The molecule has 0 fully saturated rings. The van der Waals surface area contributed by atoms with E-state index in [1.807, 2.05) is 30.3 Å². The molecule has 0 aliphatic carbocycles. The summed E-state index contributed by atoms with van der Waals surface area (Å²) in [6, 6.07) is 12.6. The number of benzodiazepines with no additional fused rings is 1. The molecular weight excluding hydrogens is 420 g/mol. The predicted molar refractivity (Wildman–Crippen MR) is 105 cm³/mol. The summed E-state index contributed by atoms with van der Waals surface area (Å²) >= 11 is 9.79. The van der Waals surface area contributed by atoms with Gasteiger partial charge in [-0.2, -0.15) is 0 Å². The molecule has 26 heavy (non-hydrogen) atoms. The summed E-state index contributed by atoms with van der Waals surface area (Å²) in [5, 5.41) is 3.26. The van der Waals surface area contributed by atoms with E-state index in [0.29, 0.717) is 27.5 Å². The lowest BCUT2D eigenvalue weighted by molar-refractivity contribution is -0.156. The van der Waals surface area contributed by atoms with Gasteiger partial charge in [0.1, 0.15) is 0 Å². The molecular formula is C19H16BrClN2O3. The summed E-state index contributed by atoms with van der Waals surface area (Å²) in [6.07, 6.45) is -1.29. The fraction of sp³-hybridized carbons (Fsp3) is 0.211. The molecule has 0 unspecified atom stereocenters. The molecule has 1 aliphatic rings. The molecule has 2 aromatic rings. The summed E-state index contributed by atoms with van der Waals surface area (Å²) < 4.78 is 6.13. The van der Waals surface area contributed by atoms with Crippen LogP contribution in [0.5, 0.6) is 0 Å². The highest BCUT2D eigenvalue weighted by Crippen LogP contribution is 2.30. The number of esters is 1. The van der Waals surface area contributed by atoms with Crippen molar-refractivity contribution in [3.8, 4) is 0 Å². The van der Waals surface area contributed by atoms with Gasteiger partial charge in [-0.3, -0.25) is 9.59 Å². The van der Waals surface area contributed by atoms with Gasteiger partial charge < -0.3 is 10.1 Å². The first-order valence-corrected chi connectivity index (χ1v) is 9.18. The molecule has 7 heteroatoms. The zero-order valence-electron chi connectivity index (χ0n) is 14.1. The van der Waals surface area contributed by atoms with Crippen LogP contribution in [0.1, 0.15) is 25.0 Å². The van der Waals surface area contributed by atoms with Crippen molar-refractivity contribution in [2.75, 3.05) is 5.32 Å². The van der Waals surface area contributed by atoms with Crippen LogP contribution in [0.2, 0.25) is 5.02 Å². The first-order chi connectivity index (χ1) is 12.4. The lowest BCUT2D eigenvalue weighted by Crippen LogP contribution is -2.31. The second-order valence-corrected chi connectivity index (χ2v) is 7.40. The van der Waals surface area contributed by atoms with Crippen molar-refractivity contribution >= 4 is 50.8 Å². The van der Waals surface area contributed by atoms with E-state index < -0.39 is 18.1 Å². The van der Waals surface area contributed by atoms with Crippen LogP contribution in [0, 0.1) is 5.92 Å². The maximum absolute atomic E-state index is 12.5. The SMILES string of the molecule is CC(C)C(=O)O[C@H]1N=C(c2ccccc2Cl)c2cc(Br)ccc2NC1=O.